The van der Waals surface area contributed by atoms with Crippen molar-refractivity contribution in [2.75, 3.05) is 7.11 Å². The molecule has 6 aromatic carbocycles. The van der Waals surface area contributed by atoms with Gasteiger partial charge in [0.25, 0.3) is 0 Å². The predicted octanol–water partition coefficient (Wildman–Crippen LogP) is 13.6. The van der Waals surface area contributed by atoms with Crippen molar-refractivity contribution >= 4 is 22.1 Å². The van der Waals surface area contributed by atoms with Gasteiger partial charge in [-0.05, 0) is 85.7 Å². The maximum absolute atomic E-state index is 14.8. The fraction of sp³-hybridized carbons (Fsp3) is 0.138. The van der Waals surface area contributed by atoms with Crippen LogP contribution in [0.3, 0.4) is 0 Å². The molecule has 0 atom stereocenters. The lowest BCUT2D eigenvalue weighted by Crippen LogP contribution is -2.09. The Morgan fingerprint density at radius 2 is 1.09 bits per heavy atom. The van der Waals surface area contributed by atoms with Crippen LogP contribution in [0, 0.1) is 36.5 Å². The molecule has 10 rings (SSSR count). The van der Waals surface area contributed by atoms with Gasteiger partial charge in [0.15, 0.2) is 11.3 Å². The van der Waals surface area contributed by atoms with Crippen LogP contribution in [0.4, 0.5) is 13.2 Å². The largest absolute Gasteiger partial charge is 0.496 e. The van der Waals surface area contributed by atoms with Crippen LogP contribution in [0.1, 0.15) is 51.7 Å². The molecule has 0 spiro atoms. The third-order valence-corrected chi connectivity index (χ3v) is 12.8. The van der Waals surface area contributed by atoms with E-state index in [4.69, 9.17) is 24.9 Å². The van der Waals surface area contributed by atoms with Crippen molar-refractivity contribution in [3.05, 3.63) is 196 Å². The fourth-order valence-corrected chi connectivity index (χ4v) is 9.46. The summed E-state index contributed by atoms with van der Waals surface area (Å²) in [5, 5.41) is 32.7. The van der Waals surface area contributed by atoms with Gasteiger partial charge in [-0.15, -0.1) is 0 Å². The lowest BCUT2D eigenvalue weighted by atomic mass is 9.90. The lowest BCUT2D eigenvalue weighted by molar-refractivity contribution is -0.137. The molecule has 0 N–H and O–H groups in total. The minimum Gasteiger partial charge on any atom is -0.496 e. The van der Waals surface area contributed by atoms with Gasteiger partial charge in [-0.2, -0.15) is 33.9 Å². The van der Waals surface area contributed by atoms with Crippen LogP contribution in [0.25, 0.3) is 78.2 Å². The average Bonchev–Trinajstić information content (AvgIpc) is 3.91. The molecule has 12 heteroatoms. The highest BCUT2D eigenvalue weighted by Gasteiger charge is 2.36. The van der Waals surface area contributed by atoms with E-state index in [-0.39, 0.29) is 22.4 Å². The molecule has 0 saturated heterocycles. The number of pyridine rings is 2. The number of alkyl halides is 3. The van der Waals surface area contributed by atoms with Crippen molar-refractivity contribution < 1.29 is 17.9 Å². The van der Waals surface area contributed by atoms with Crippen LogP contribution in [-0.4, -0.2) is 36.6 Å². The molecule has 0 radical (unpaired) electrons. The summed E-state index contributed by atoms with van der Waals surface area (Å²) in [5.41, 5.74) is 9.87. The molecule has 342 valence electrons. The molecule has 0 aliphatic heterocycles. The standard InChI is InChI=1S/C58H43F3N8O/c1-5-37-23-29-40(30-24-37)54-45(33-62)52(43-18-10-12-20-47(43)58(59,60)61)50-36(3)67-69(57(50)65-54)48-21-13-9-15-39(48)28-25-38-26-31-41(32-27-38)55-46(34-63)53(44-19-11-14-22-49(44)70-4)51-35(2)66-68(56(51)64-55)42-16-7-6-8-17-42/h6-24,26-27,29-32H,5,25,28H2,1-4H3. The molecule has 0 unspecified atom stereocenters. The molecule has 0 aliphatic carbocycles. The third-order valence-electron chi connectivity index (χ3n) is 12.8. The van der Waals surface area contributed by atoms with E-state index in [2.05, 4.69) is 12.1 Å². The summed E-state index contributed by atoms with van der Waals surface area (Å²) in [4.78, 5) is 10.3. The number of para-hydroxylation sites is 3. The zero-order valence-electron chi connectivity index (χ0n) is 38.7. The van der Waals surface area contributed by atoms with E-state index in [0.717, 1.165) is 57.1 Å². The molecule has 0 bridgehead atoms. The monoisotopic (exact) mass is 924 g/mol. The molecular formula is C58H43F3N8O. The van der Waals surface area contributed by atoms with Gasteiger partial charge in [0, 0.05) is 27.8 Å². The number of nitrogens with zero attached hydrogens (tertiary/aromatic N) is 8. The molecule has 0 saturated carbocycles. The van der Waals surface area contributed by atoms with Crippen LogP contribution in [0.2, 0.25) is 0 Å². The molecule has 0 amide bonds. The third kappa shape index (κ3) is 7.89. The van der Waals surface area contributed by atoms with E-state index in [0.29, 0.717) is 69.0 Å². The Hall–Kier alpha value is -8.87. The molecular weight excluding hydrogens is 882 g/mol. The Bertz CT molecular complexity index is 3710. The maximum Gasteiger partial charge on any atom is 0.417 e. The van der Waals surface area contributed by atoms with Gasteiger partial charge < -0.3 is 4.74 Å². The summed E-state index contributed by atoms with van der Waals surface area (Å²) < 4.78 is 53.6. The highest BCUT2D eigenvalue weighted by Crippen LogP contribution is 2.45. The van der Waals surface area contributed by atoms with Gasteiger partial charge in [-0.3, -0.25) is 0 Å². The lowest BCUT2D eigenvalue weighted by Gasteiger charge is -2.17. The molecule has 70 heavy (non-hydrogen) atoms. The van der Waals surface area contributed by atoms with Crippen LogP contribution in [0.15, 0.2) is 152 Å². The van der Waals surface area contributed by atoms with E-state index in [1.165, 1.54) is 12.1 Å². The number of rotatable bonds is 11. The number of aromatic nitrogens is 6. The Morgan fingerprint density at radius 1 is 0.571 bits per heavy atom. The Kier molecular flexibility index (Phi) is 11.8. The first-order chi connectivity index (χ1) is 34.0. The number of fused-ring (bicyclic) bond motifs is 2. The van der Waals surface area contributed by atoms with E-state index in [9.17, 15) is 23.7 Å². The van der Waals surface area contributed by atoms with E-state index >= 15 is 0 Å². The first-order valence-corrected chi connectivity index (χ1v) is 22.8. The zero-order valence-corrected chi connectivity index (χ0v) is 38.7. The number of halogens is 3. The second-order valence-corrected chi connectivity index (χ2v) is 17.0. The van der Waals surface area contributed by atoms with Crippen molar-refractivity contribution in [3.63, 3.8) is 0 Å². The fourth-order valence-electron chi connectivity index (χ4n) is 9.46. The quantitative estimate of drug-likeness (QED) is 0.127. The van der Waals surface area contributed by atoms with E-state index in [1.807, 2.05) is 146 Å². The molecule has 4 aromatic heterocycles. The van der Waals surface area contributed by atoms with Crippen LogP contribution >= 0.6 is 0 Å². The Balaban J connectivity index is 1.06. The number of aryl methyl sites for hydroxylation is 5. The maximum atomic E-state index is 14.8. The number of hydrogen-bond donors (Lipinski definition) is 0. The topological polar surface area (TPSA) is 118 Å². The van der Waals surface area contributed by atoms with Crippen molar-refractivity contribution in [2.45, 2.75) is 46.2 Å². The molecule has 4 heterocycles. The zero-order chi connectivity index (χ0) is 48.7. The predicted molar refractivity (Wildman–Crippen MR) is 267 cm³/mol. The van der Waals surface area contributed by atoms with Crippen molar-refractivity contribution in [3.8, 4) is 74.0 Å². The smallest absolute Gasteiger partial charge is 0.417 e. The van der Waals surface area contributed by atoms with Crippen LogP contribution < -0.4 is 4.74 Å². The summed E-state index contributed by atoms with van der Waals surface area (Å²) in [6.45, 7) is 5.70. The highest BCUT2D eigenvalue weighted by atomic mass is 19.4. The van der Waals surface area contributed by atoms with Gasteiger partial charge in [0.05, 0.1) is 68.7 Å². The first kappa shape index (κ1) is 44.9. The number of hydrogen-bond acceptors (Lipinski definition) is 7. The first-order valence-electron chi connectivity index (χ1n) is 22.8. The van der Waals surface area contributed by atoms with Gasteiger partial charge in [-0.25, -0.2) is 19.3 Å². The molecule has 0 fully saturated rings. The Morgan fingerprint density at radius 3 is 1.69 bits per heavy atom. The summed E-state index contributed by atoms with van der Waals surface area (Å²) in [7, 11) is 1.61. The van der Waals surface area contributed by atoms with E-state index < -0.39 is 11.7 Å². The number of methoxy groups -OCH3 is 1. The average molecular weight is 925 g/mol. The van der Waals surface area contributed by atoms with Gasteiger partial charge in [0.2, 0.25) is 0 Å². The van der Waals surface area contributed by atoms with Crippen molar-refractivity contribution in [1.82, 2.24) is 29.5 Å². The SMILES string of the molecule is CCc1ccc(-c2nc3c(c(C)nn3-c3ccccc3CCc3ccc(-c4nc5c(c(C)nn5-c5ccccc5)c(-c5ccccc5OC)c4C#N)cc3)c(-c3ccccc3C(F)(F)F)c2C#N)cc1. The minimum atomic E-state index is -4.69. The second-order valence-electron chi connectivity index (χ2n) is 17.0. The molecule has 9 nitrogen and oxygen atoms in total. The number of nitriles is 2. The van der Waals surface area contributed by atoms with Gasteiger partial charge in [0.1, 0.15) is 17.9 Å². The normalized spacial score (nSPS) is 11.5. The second kappa shape index (κ2) is 18.3. The van der Waals surface area contributed by atoms with Crippen LogP contribution in [-0.2, 0) is 25.4 Å². The van der Waals surface area contributed by atoms with Gasteiger partial charge in [-0.1, -0.05) is 128 Å². The van der Waals surface area contributed by atoms with E-state index in [1.54, 1.807) is 24.8 Å². The molecule has 0 aliphatic rings. The summed E-state index contributed by atoms with van der Waals surface area (Å²) >= 11 is 0. The summed E-state index contributed by atoms with van der Waals surface area (Å²) in [6.07, 6.45) is -2.71. The van der Waals surface area contributed by atoms with Crippen LogP contribution in [0.5, 0.6) is 5.75 Å². The summed E-state index contributed by atoms with van der Waals surface area (Å²) in [5.74, 6) is 0.621. The van der Waals surface area contributed by atoms with Crippen molar-refractivity contribution in [1.29, 1.82) is 10.5 Å². The minimum absolute atomic E-state index is 0.0396. The van der Waals surface area contributed by atoms with Crippen molar-refractivity contribution in [2.24, 2.45) is 0 Å². The summed E-state index contributed by atoms with van der Waals surface area (Å²) in [6, 6.07) is 50.9. The number of benzene rings is 6. The highest BCUT2D eigenvalue weighted by molar-refractivity contribution is 6.04. The van der Waals surface area contributed by atoms with Gasteiger partial charge >= 0.3 is 6.18 Å². The number of ether oxygens (including phenoxy) is 1. The Labute approximate surface area is 402 Å². The molecule has 10 aromatic rings.